The number of ether oxygens (including phenoxy) is 1. The monoisotopic (exact) mass is 480 g/mol. The molecule has 0 atom stereocenters. The highest BCUT2D eigenvalue weighted by molar-refractivity contribution is 9.10. The molecule has 1 saturated heterocycles. The highest BCUT2D eigenvalue weighted by atomic mass is 79.9. The summed E-state index contributed by atoms with van der Waals surface area (Å²) in [5.41, 5.74) is 1.71. The predicted octanol–water partition coefficient (Wildman–Crippen LogP) is 3.32. The summed E-state index contributed by atoms with van der Waals surface area (Å²) in [5.74, 6) is 0.523. The van der Waals surface area contributed by atoms with Crippen LogP contribution in [0, 0.1) is 5.92 Å². The van der Waals surface area contributed by atoms with Gasteiger partial charge >= 0.3 is 0 Å². The Kier molecular flexibility index (Phi) is 7.32. The van der Waals surface area contributed by atoms with Crippen molar-refractivity contribution in [2.75, 3.05) is 20.2 Å². The Morgan fingerprint density at radius 3 is 2.52 bits per heavy atom. The minimum absolute atomic E-state index is 0.0286. The fraction of sp³-hybridized carbons (Fsp3) is 0.381. The summed E-state index contributed by atoms with van der Waals surface area (Å²) in [7, 11) is -1.79. The van der Waals surface area contributed by atoms with Crippen LogP contribution in [0.2, 0.25) is 0 Å². The molecule has 1 heterocycles. The highest BCUT2D eigenvalue weighted by Gasteiger charge is 2.31. The summed E-state index contributed by atoms with van der Waals surface area (Å²) < 4.78 is 33.0. The number of rotatable bonds is 7. The molecule has 0 bridgehead atoms. The molecule has 0 unspecified atom stereocenters. The van der Waals surface area contributed by atoms with Gasteiger partial charge in [0, 0.05) is 30.0 Å². The van der Waals surface area contributed by atoms with Crippen molar-refractivity contribution in [1.82, 2.24) is 9.62 Å². The summed E-state index contributed by atoms with van der Waals surface area (Å²) in [6.45, 7) is 1.17. The van der Waals surface area contributed by atoms with E-state index in [0.717, 1.165) is 21.3 Å². The van der Waals surface area contributed by atoms with Crippen molar-refractivity contribution >= 4 is 31.9 Å². The Labute approximate surface area is 180 Å². The second kappa shape index (κ2) is 9.73. The van der Waals surface area contributed by atoms with Gasteiger partial charge in [-0.25, -0.2) is 12.7 Å². The van der Waals surface area contributed by atoms with Crippen LogP contribution in [0.15, 0.2) is 53.0 Å². The topological polar surface area (TPSA) is 75.7 Å². The molecule has 3 rings (SSSR count). The maximum absolute atomic E-state index is 12.7. The standard InChI is InChI=1S/C21H25BrN2O4S/c1-28-20-7-3-4-16(13-20)14-23-21(25)18-8-10-24(11-9-18)29(26,27)15-17-5-2-6-19(22)12-17/h2-7,12-13,18H,8-11,14-15H2,1H3,(H,23,25). The number of hydrogen-bond acceptors (Lipinski definition) is 4. The van der Waals surface area contributed by atoms with Crippen molar-refractivity contribution in [1.29, 1.82) is 0 Å². The van der Waals surface area contributed by atoms with Crippen LogP contribution in [0.3, 0.4) is 0 Å². The summed E-state index contributed by atoms with van der Waals surface area (Å²) in [5, 5.41) is 2.95. The molecule has 0 radical (unpaired) electrons. The van der Waals surface area contributed by atoms with Crippen LogP contribution in [0.1, 0.15) is 24.0 Å². The first-order valence-corrected chi connectivity index (χ1v) is 11.9. The second-order valence-electron chi connectivity index (χ2n) is 7.13. The van der Waals surface area contributed by atoms with Gasteiger partial charge in [-0.1, -0.05) is 40.2 Å². The summed E-state index contributed by atoms with van der Waals surface area (Å²) in [6, 6.07) is 14.9. The number of nitrogens with zero attached hydrogens (tertiary/aromatic N) is 1. The first kappa shape index (κ1) is 21.8. The van der Waals surface area contributed by atoms with E-state index in [1.165, 1.54) is 4.31 Å². The molecule has 2 aromatic carbocycles. The van der Waals surface area contributed by atoms with Gasteiger partial charge in [0.15, 0.2) is 0 Å². The quantitative estimate of drug-likeness (QED) is 0.659. The molecule has 1 fully saturated rings. The third kappa shape index (κ3) is 6.04. The lowest BCUT2D eigenvalue weighted by Crippen LogP contribution is -2.43. The lowest BCUT2D eigenvalue weighted by molar-refractivity contribution is -0.126. The number of methoxy groups -OCH3 is 1. The van der Waals surface area contributed by atoms with Gasteiger partial charge in [-0.2, -0.15) is 0 Å². The summed E-state index contributed by atoms with van der Waals surface area (Å²) >= 11 is 3.37. The van der Waals surface area contributed by atoms with Crippen molar-refractivity contribution in [2.24, 2.45) is 5.92 Å². The van der Waals surface area contributed by atoms with Crippen molar-refractivity contribution in [3.8, 4) is 5.75 Å². The average molecular weight is 481 g/mol. The second-order valence-corrected chi connectivity index (χ2v) is 10.0. The van der Waals surface area contributed by atoms with Gasteiger partial charge in [0.2, 0.25) is 15.9 Å². The number of halogens is 1. The first-order chi connectivity index (χ1) is 13.9. The smallest absolute Gasteiger partial charge is 0.223 e. The number of carbonyl (C=O) groups is 1. The van der Waals surface area contributed by atoms with Crippen molar-refractivity contribution in [3.05, 3.63) is 64.1 Å². The molecular formula is C21H25BrN2O4S. The number of carbonyl (C=O) groups excluding carboxylic acids is 1. The summed E-state index contributed by atoms with van der Waals surface area (Å²) in [4.78, 5) is 12.5. The lowest BCUT2D eigenvalue weighted by Gasteiger charge is -2.30. The van der Waals surface area contributed by atoms with Crippen LogP contribution in [0.25, 0.3) is 0 Å². The maximum atomic E-state index is 12.7. The fourth-order valence-corrected chi connectivity index (χ4v) is 5.44. The SMILES string of the molecule is COc1cccc(CNC(=O)C2CCN(S(=O)(=O)Cc3cccc(Br)c3)CC2)c1. The van der Waals surface area contributed by atoms with Gasteiger partial charge in [-0.05, 0) is 48.2 Å². The van der Waals surface area contributed by atoms with E-state index in [9.17, 15) is 13.2 Å². The van der Waals surface area contributed by atoms with Crippen LogP contribution < -0.4 is 10.1 Å². The van der Waals surface area contributed by atoms with Crippen LogP contribution in [-0.4, -0.2) is 38.8 Å². The number of piperidine rings is 1. The first-order valence-electron chi connectivity index (χ1n) is 9.50. The van der Waals surface area contributed by atoms with Crippen LogP contribution in [0.4, 0.5) is 0 Å². The number of amides is 1. The van der Waals surface area contributed by atoms with Gasteiger partial charge in [-0.15, -0.1) is 0 Å². The van der Waals surface area contributed by atoms with E-state index < -0.39 is 10.0 Å². The van der Waals surface area contributed by atoms with E-state index in [0.29, 0.717) is 32.5 Å². The van der Waals surface area contributed by atoms with E-state index in [1.807, 2.05) is 42.5 Å². The van der Waals surface area contributed by atoms with Crippen LogP contribution >= 0.6 is 15.9 Å². The van der Waals surface area contributed by atoms with E-state index >= 15 is 0 Å². The Morgan fingerprint density at radius 1 is 1.14 bits per heavy atom. The van der Waals surface area contributed by atoms with E-state index in [1.54, 1.807) is 13.2 Å². The molecule has 156 valence electrons. The van der Waals surface area contributed by atoms with Crippen molar-refractivity contribution < 1.29 is 17.9 Å². The molecule has 1 amide bonds. The molecule has 0 saturated carbocycles. The van der Waals surface area contributed by atoms with Crippen LogP contribution in [0.5, 0.6) is 5.75 Å². The maximum Gasteiger partial charge on any atom is 0.223 e. The molecule has 6 nitrogen and oxygen atoms in total. The van der Waals surface area contributed by atoms with Crippen molar-refractivity contribution in [3.63, 3.8) is 0 Å². The number of benzene rings is 2. The minimum atomic E-state index is -3.40. The summed E-state index contributed by atoms with van der Waals surface area (Å²) in [6.07, 6.45) is 1.06. The molecule has 0 aliphatic carbocycles. The number of hydrogen-bond donors (Lipinski definition) is 1. The normalized spacial score (nSPS) is 15.8. The largest absolute Gasteiger partial charge is 0.497 e. The Hall–Kier alpha value is -1.90. The number of nitrogens with one attached hydrogen (secondary N) is 1. The molecule has 1 aliphatic rings. The molecule has 0 aromatic heterocycles. The minimum Gasteiger partial charge on any atom is -0.497 e. The molecule has 1 aliphatic heterocycles. The zero-order chi connectivity index (χ0) is 20.9. The molecule has 2 aromatic rings. The Morgan fingerprint density at radius 2 is 1.83 bits per heavy atom. The van der Waals surface area contributed by atoms with Gasteiger partial charge < -0.3 is 10.1 Å². The molecule has 8 heteroatoms. The molecule has 0 spiro atoms. The Bertz CT molecular complexity index is 957. The van der Waals surface area contributed by atoms with E-state index in [4.69, 9.17) is 4.74 Å². The fourth-order valence-electron chi connectivity index (χ4n) is 3.44. The molecule has 29 heavy (non-hydrogen) atoms. The van der Waals surface area contributed by atoms with E-state index in [-0.39, 0.29) is 17.6 Å². The zero-order valence-corrected chi connectivity index (χ0v) is 18.7. The Balaban J connectivity index is 1.50. The molecule has 1 N–H and O–H groups in total. The predicted molar refractivity (Wildman–Crippen MR) is 116 cm³/mol. The highest BCUT2D eigenvalue weighted by Crippen LogP contribution is 2.23. The third-order valence-corrected chi connectivity index (χ3v) is 7.40. The van der Waals surface area contributed by atoms with Gasteiger partial charge in [0.05, 0.1) is 12.9 Å². The lowest BCUT2D eigenvalue weighted by atomic mass is 9.97. The van der Waals surface area contributed by atoms with Gasteiger partial charge in [-0.3, -0.25) is 4.79 Å². The van der Waals surface area contributed by atoms with Crippen LogP contribution in [-0.2, 0) is 27.1 Å². The molecular weight excluding hydrogens is 456 g/mol. The van der Waals surface area contributed by atoms with Crippen molar-refractivity contribution in [2.45, 2.75) is 25.1 Å². The average Bonchev–Trinajstić information content (AvgIpc) is 2.72. The third-order valence-electron chi connectivity index (χ3n) is 5.06. The number of sulfonamides is 1. The van der Waals surface area contributed by atoms with Gasteiger partial charge in [0.25, 0.3) is 0 Å². The van der Waals surface area contributed by atoms with Gasteiger partial charge in [0.1, 0.15) is 5.75 Å². The zero-order valence-electron chi connectivity index (χ0n) is 16.3. The van der Waals surface area contributed by atoms with E-state index in [2.05, 4.69) is 21.2 Å².